The zero-order valence-corrected chi connectivity index (χ0v) is 11.0. The van der Waals surface area contributed by atoms with E-state index in [0.717, 1.165) is 0 Å². The molecule has 0 aliphatic carbocycles. The second-order valence-electron chi connectivity index (χ2n) is 2.50. The number of hydrogen-bond donors (Lipinski definition) is 0. The molecule has 5 heteroatoms. The molecule has 0 aromatic carbocycles. The van der Waals surface area contributed by atoms with Crippen molar-refractivity contribution in [2.75, 3.05) is 0 Å². The van der Waals surface area contributed by atoms with Crippen LogP contribution in [0.25, 0.3) is 0 Å². The van der Waals surface area contributed by atoms with Crippen LogP contribution in [0.15, 0.2) is 12.4 Å². The van der Waals surface area contributed by atoms with Crippen LogP contribution < -0.4 is 0 Å². The van der Waals surface area contributed by atoms with Gasteiger partial charge in [-0.25, -0.2) is 0 Å². The minimum absolute atomic E-state index is 1.17. The molecule has 0 spiro atoms. The number of aryl methyl sites for hydroxylation is 2. The molecule has 0 bridgehead atoms. The Hall–Kier alpha value is 1.03. The van der Waals surface area contributed by atoms with Gasteiger partial charge in [-0.05, 0) is 0 Å². The fourth-order valence-corrected chi connectivity index (χ4v) is 4.21. The van der Waals surface area contributed by atoms with Crippen LogP contribution >= 0.6 is 25.5 Å². The summed E-state index contributed by atoms with van der Waals surface area (Å²) in [6.45, 7) is 4.02. The van der Waals surface area contributed by atoms with Crippen LogP contribution in [-0.2, 0) is 17.0 Å². The van der Waals surface area contributed by atoms with Crippen LogP contribution in [0.5, 0.6) is 0 Å². The summed E-state index contributed by atoms with van der Waals surface area (Å²) in [4.78, 5) is 0. The monoisotopic (exact) mass is 289 g/mol. The van der Waals surface area contributed by atoms with Crippen molar-refractivity contribution >= 4 is 25.5 Å². The molecule has 1 aromatic rings. The SMILES string of the molecule is Cc1c[n]([Zr]([Cl])([Cl])[Cl])cc1C. The molecule has 0 aliphatic heterocycles. The third-order valence-corrected chi connectivity index (χ3v) is 7.12. The fourth-order valence-electron chi connectivity index (χ4n) is 0.805. The number of rotatable bonds is 1. The molecule has 0 atom stereocenters. The van der Waals surface area contributed by atoms with E-state index < -0.39 is 17.0 Å². The van der Waals surface area contributed by atoms with Crippen molar-refractivity contribution in [2.45, 2.75) is 13.8 Å². The van der Waals surface area contributed by atoms with Gasteiger partial charge in [0.15, 0.2) is 0 Å². The van der Waals surface area contributed by atoms with Crippen molar-refractivity contribution in [3.8, 4) is 0 Å². The van der Waals surface area contributed by atoms with Crippen LogP contribution in [0.2, 0.25) is 0 Å². The van der Waals surface area contributed by atoms with Crippen LogP contribution in [0.1, 0.15) is 11.1 Å². The Labute approximate surface area is 81.7 Å². The van der Waals surface area contributed by atoms with Gasteiger partial charge in [-0.2, -0.15) is 0 Å². The van der Waals surface area contributed by atoms with E-state index in [2.05, 4.69) is 0 Å². The maximum atomic E-state index is 5.85. The number of halogens is 3. The molecule has 1 rings (SSSR count). The molecule has 1 nitrogen and oxygen atoms in total. The Balaban J connectivity index is 3.08. The van der Waals surface area contributed by atoms with Gasteiger partial charge in [0.25, 0.3) is 0 Å². The topological polar surface area (TPSA) is 4.93 Å². The predicted molar refractivity (Wildman–Crippen MR) is 46.9 cm³/mol. The van der Waals surface area contributed by atoms with Gasteiger partial charge in [-0.15, -0.1) is 0 Å². The summed E-state index contributed by atoms with van der Waals surface area (Å²) < 4.78 is 1.77. The molecule has 1 heterocycles. The summed E-state index contributed by atoms with van der Waals surface area (Å²) in [5.41, 5.74) is 2.35. The predicted octanol–water partition coefficient (Wildman–Crippen LogP) is 3.48. The van der Waals surface area contributed by atoms with E-state index in [1.54, 1.807) is 2.51 Å². The first kappa shape index (κ1) is 10.1. The Morgan fingerprint density at radius 3 is 1.64 bits per heavy atom. The Bertz CT molecular complexity index is 244. The summed E-state index contributed by atoms with van der Waals surface area (Å²) in [7, 11) is 17.5. The first-order valence-corrected chi connectivity index (χ1v) is 13.7. The average Bonchev–Trinajstić information content (AvgIpc) is 2.11. The molecule has 0 N–H and O–H groups in total. The standard InChI is InChI=1S/C6H8N.3ClH.Zr/c1-5-3-7-4-6(5)2;;;;/h3-4H,1-2H3;3*1H;/q-1;;;;+4/p-3. The van der Waals surface area contributed by atoms with Crippen LogP contribution in [0.4, 0.5) is 0 Å². The van der Waals surface area contributed by atoms with E-state index >= 15 is 0 Å². The molecule has 11 heavy (non-hydrogen) atoms. The van der Waals surface area contributed by atoms with Crippen molar-refractivity contribution < 1.29 is 17.0 Å². The molecule has 0 aliphatic rings. The van der Waals surface area contributed by atoms with Gasteiger partial charge in [0.05, 0.1) is 0 Å². The van der Waals surface area contributed by atoms with Crippen molar-refractivity contribution in [1.29, 1.82) is 0 Å². The van der Waals surface area contributed by atoms with Gasteiger partial charge in [-0.3, -0.25) is 0 Å². The zero-order valence-electron chi connectivity index (χ0n) is 6.24. The van der Waals surface area contributed by atoms with Crippen molar-refractivity contribution in [3.05, 3.63) is 23.5 Å². The number of nitrogens with zero attached hydrogens (tertiary/aromatic N) is 1. The second-order valence-corrected chi connectivity index (χ2v) is 19.2. The Morgan fingerprint density at radius 1 is 1.09 bits per heavy atom. The maximum absolute atomic E-state index is 5.85. The van der Waals surface area contributed by atoms with Crippen molar-refractivity contribution in [3.63, 3.8) is 0 Å². The molecule has 0 radical (unpaired) electrons. The third-order valence-electron chi connectivity index (χ3n) is 1.58. The first-order chi connectivity index (χ1) is 4.91. The van der Waals surface area contributed by atoms with Crippen LogP contribution in [0.3, 0.4) is 0 Å². The van der Waals surface area contributed by atoms with Crippen molar-refractivity contribution in [2.24, 2.45) is 0 Å². The summed E-state index contributed by atoms with van der Waals surface area (Å²) in [6.07, 6.45) is 3.80. The molecular formula is C6H8Cl3NZr. The van der Waals surface area contributed by atoms with Gasteiger partial charge in [-0.1, -0.05) is 0 Å². The van der Waals surface area contributed by atoms with Gasteiger partial charge in [0, 0.05) is 0 Å². The third kappa shape index (κ3) is 2.49. The molecule has 0 saturated heterocycles. The average molecular weight is 292 g/mol. The first-order valence-electron chi connectivity index (χ1n) is 3.13. The van der Waals surface area contributed by atoms with Crippen LogP contribution in [0, 0.1) is 13.8 Å². The molecule has 0 saturated carbocycles. The fraction of sp³-hybridized carbons (Fsp3) is 0.333. The van der Waals surface area contributed by atoms with Gasteiger partial charge in [0.2, 0.25) is 0 Å². The molecule has 0 unspecified atom stereocenters. The van der Waals surface area contributed by atoms with Gasteiger partial charge < -0.3 is 0 Å². The van der Waals surface area contributed by atoms with E-state index in [9.17, 15) is 0 Å². The summed E-state index contributed by atoms with van der Waals surface area (Å²) in [6, 6.07) is 0. The molecule has 62 valence electrons. The Morgan fingerprint density at radius 2 is 1.45 bits per heavy atom. The zero-order chi connectivity index (χ0) is 8.65. The molecule has 0 amide bonds. The van der Waals surface area contributed by atoms with Gasteiger partial charge >= 0.3 is 82.4 Å². The van der Waals surface area contributed by atoms with E-state index in [4.69, 9.17) is 25.5 Å². The summed E-state index contributed by atoms with van der Waals surface area (Å²) in [5, 5.41) is 0. The van der Waals surface area contributed by atoms with E-state index in [1.165, 1.54) is 11.1 Å². The molecule has 1 aromatic heterocycles. The van der Waals surface area contributed by atoms with E-state index in [1.807, 2.05) is 26.2 Å². The summed E-state index contributed by atoms with van der Waals surface area (Å²) in [5.74, 6) is 0. The van der Waals surface area contributed by atoms with E-state index in [-0.39, 0.29) is 0 Å². The number of hydrogen-bond acceptors (Lipinski definition) is 0. The molecule has 0 fully saturated rings. The van der Waals surface area contributed by atoms with Crippen LogP contribution in [-0.4, -0.2) is 2.51 Å². The number of aromatic nitrogens is 1. The minimum atomic E-state index is -3.40. The summed E-state index contributed by atoms with van der Waals surface area (Å²) >= 11 is -3.40. The van der Waals surface area contributed by atoms with E-state index in [0.29, 0.717) is 0 Å². The Kier molecular flexibility index (Phi) is 3.14. The van der Waals surface area contributed by atoms with Gasteiger partial charge in [0.1, 0.15) is 0 Å². The normalized spacial score (nSPS) is 12.1. The quantitative estimate of drug-likeness (QED) is 0.746. The van der Waals surface area contributed by atoms with Crippen molar-refractivity contribution in [1.82, 2.24) is 2.51 Å². The molecular weight excluding hydrogens is 284 g/mol. The second kappa shape index (κ2) is 3.42.